The van der Waals surface area contributed by atoms with Crippen molar-refractivity contribution < 1.29 is 5.11 Å². The van der Waals surface area contributed by atoms with E-state index in [-0.39, 0.29) is 23.7 Å². The van der Waals surface area contributed by atoms with Gasteiger partial charge < -0.3 is 20.7 Å². The van der Waals surface area contributed by atoms with Gasteiger partial charge in [0.05, 0.1) is 12.3 Å². The highest BCUT2D eigenvalue weighted by molar-refractivity contribution is 5.80. The minimum absolute atomic E-state index is 0.0427. The number of fused-ring (bicyclic) bond motifs is 1. The van der Waals surface area contributed by atoms with Crippen LogP contribution in [0.1, 0.15) is 30.2 Å². The number of hydrogen-bond donors (Lipinski definition) is 3. The first-order valence-electron chi connectivity index (χ1n) is 9.60. The molecule has 0 amide bonds. The van der Waals surface area contributed by atoms with Crippen LogP contribution in [0, 0.1) is 13.5 Å². The molecule has 29 heavy (non-hydrogen) atoms. The molecule has 0 atom stereocenters. The Morgan fingerprint density at radius 2 is 2.21 bits per heavy atom. The number of nitrogens with zero attached hydrogens (tertiary/aromatic N) is 5. The summed E-state index contributed by atoms with van der Waals surface area (Å²) < 4.78 is 3.12. The normalized spacial score (nSPS) is 11.0. The third-order valence-electron chi connectivity index (χ3n) is 4.88. The Morgan fingerprint density at radius 3 is 2.90 bits per heavy atom. The van der Waals surface area contributed by atoms with Crippen LogP contribution in [0.2, 0.25) is 0 Å². The molecule has 9 nitrogen and oxygen atoms in total. The molecule has 0 aromatic carbocycles. The van der Waals surface area contributed by atoms with Gasteiger partial charge in [0.1, 0.15) is 11.6 Å². The van der Waals surface area contributed by atoms with Crippen LogP contribution in [0.25, 0.3) is 10.5 Å². The van der Waals surface area contributed by atoms with Crippen LogP contribution in [-0.2, 0) is 19.4 Å². The van der Waals surface area contributed by atoms with Crippen LogP contribution in [0.3, 0.4) is 0 Å². The molecule has 3 aromatic rings. The fourth-order valence-electron chi connectivity index (χ4n) is 3.37. The predicted molar refractivity (Wildman–Crippen MR) is 112 cm³/mol. The van der Waals surface area contributed by atoms with Crippen molar-refractivity contribution in [1.82, 2.24) is 19.2 Å². The summed E-state index contributed by atoms with van der Waals surface area (Å²) in [4.78, 5) is 20.6. The highest BCUT2D eigenvalue weighted by Gasteiger charge is 2.18. The molecule has 3 heterocycles. The average Bonchev–Trinajstić information content (AvgIpc) is 3.04. The van der Waals surface area contributed by atoms with Gasteiger partial charge in [0.2, 0.25) is 0 Å². The molecule has 4 N–H and O–H groups in total. The van der Waals surface area contributed by atoms with Crippen molar-refractivity contribution in [3.8, 4) is 0 Å². The zero-order valence-electron chi connectivity index (χ0n) is 16.6. The molecule has 0 spiro atoms. The first-order chi connectivity index (χ1) is 14.0. The SMILES string of the molecule is [C-]#[N+]c1c(NCCc2cccn(CCCO)c2=O)nc2c(CC)c(C)nn2c1N. The predicted octanol–water partition coefficient (Wildman–Crippen LogP) is 1.93. The van der Waals surface area contributed by atoms with Gasteiger partial charge in [-0.3, -0.25) is 4.79 Å². The Labute approximate surface area is 168 Å². The van der Waals surface area contributed by atoms with E-state index in [4.69, 9.17) is 17.4 Å². The van der Waals surface area contributed by atoms with E-state index in [2.05, 4.69) is 20.2 Å². The number of aliphatic hydroxyl groups excluding tert-OH is 1. The zero-order valence-corrected chi connectivity index (χ0v) is 16.6. The number of nitrogen functional groups attached to an aromatic ring is 1. The van der Waals surface area contributed by atoms with Crippen LogP contribution in [0.5, 0.6) is 0 Å². The largest absolute Gasteiger partial charge is 0.396 e. The van der Waals surface area contributed by atoms with E-state index in [0.29, 0.717) is 43.0 Å². The Bertz CT molecular complexity index is 1120. The lowest BCUT2D eigenvalue weighted by Crippen LogP contribution is -2.25. The monoisotopic (exact) mass is 395 g/mol. The molecule has 152 valence electrons. The van der Waals surface area contributed by atoms with Crippen LogP contribution in [0.4, 0.5) is 17.3 Å². The molecule has 0 aliphatic carbocycles. The molecular weight excluding hydrogens is 370 g/mol. The maximum Gasteiger partial charge on any atom is 0.268 e. The van der Waals surface area contributed by atoms with E-state index in [1.165, 1.54) is 4.52 Å². The minimum Gasteiger partial charge on any atom is -0.396 e. The van der Waals surface area contributed by atoms with Gasteiger partial charge in [-0.1, -0.05) is 13.0 Å². The summed E-state index contributed by atoms with van der Waals surface area (Å²) in [6, 6.07) is 3.61. The topological polar surface area (TPSA) is 115 Å². The van der Waals surface area contributed by atoms with Crippen LogP contribution >= 0.6 is 0 Å². The molecule has 0 radical (unpaired) electrons. The fourth-order valence-corrected chi connectivity index (χ4v) is 3.37. The van der Waals surface area contributed by atoms with E-state index < -0.39 is 0 Å². The number of pyridine rings is 1. The molecule has 0 bridgehead atoms. The number of nitrogens with one attached hydrogen (secondary N) is 1. The molecular formula is C20H25N7O2. The second kappa shape index (κ2) is 8.75. The number of aliphatic hydroxyl groups is 1. The van der Waals surface area contributed by atoms with Gasteiger partial charge in [0.25, 0.3) is 11.2 Å². The minimum atomic E-state index is -0.0734. The summed E-state index contributed by atoms with van der Waals surface area (Å²) in [5.41, 5.74) is 9.45. The molecule has 9 heteroatoms. The molecule has 3 aromatic heterocycles. The quantitative estimate of drug-likeness (QED) is 0.502. The Hall–Kier alpha value is -3.38. The number of aromatic nitrogens is 4. The number of aryl methyl sites for hydroxylation is 3. The lowest BCUT2D eigenvalue weighted by atomic mass is 10.2. The number of rotatable bonds is 8. The van der Waals surface area contributed by atoms with Gasteiger partial charge in [0.15, 0.2) is 5.65 Å². The van der Waals surface area contributed by atoms with Crippen molar-refractivity contribution in [3.63, 3.8) is 0 Å². The first kappa shape index (κ1) is 20.4. The maximum absolute atomic E-state index is 12.5. The van der Waals surface area contributed by atoms with Crippen molar-refractivity contribution in [2.24, 2.45) is 0 Å². The highest BCUT2D eigenvalue weighted by atomic mass is 16.3. The van der Waals surface area contributed by atoms with E-state index in [1.54, 1.807) is 16.8 Å². The lowest BCUT2D eigenvalue weighted by molar-refractivity contribution is 0.279. The van der Waals surface area contributed by atoms with Gasteiger partial charge in [-0.25, -0.2) is 14.3 Å². The zero-order chi connectivity index (χ0) is 21.0. The third-order valence-corrected chi connectivity index (χ3v) is 4.88. The van der Waals surface area contributed by atoms with E-state index in [0.717, 1.165) is 17.7 Å². The third kappa shape index (κ3) is 3.93. The number of nitrogens with two attached hydrogens (primary N) is 1. The van der Waals surface area contributed by atoms with Crippen molar-refractivity contribution in [1.29, 1.82) is 0 Å². The van der Waals surface area contributed by atoms with E-state index in [9.17, 15) is 4.79 Å². The Balaban J connectivity index is 1.84. The van der Waals surface area contributed by atoms with Crippen molar-refractivity contribution in [3.05, 3.63) is 56.9 Å². The lowest BCUT2D eigenvalue weighted by Gasteiger charge is -2.12. The van der Waals surface area contributed by atoms with E-state index in [1.807, 2.05) is 19.9 Å². The summed E-state index contributed by atoms with van der Waals surface area (Å²) in [6.45, 7) is 12.4. The van der Waals surface area contributed by atoms with Gasteiger partial charge in [-0.2, -0.15) is 5.10 Å². The second-order valence-corrected chi connectivity index (χ2v) is 6.74. The summed E-state index contributed by atoms with van der Waals surface area (Å²) in [6.07, 6.45) is 3.48. The first-order valence-corrected chi connectivity index (χ1v) is 9.60. The number of hydrogen-bond acceptors (Lipinski definition) is 6. The molecule has 0 saturated carbocycles. The van der Waals surface area contributed by atoms with Crippen LogP contribution in [0.15, 0.2) is 23.1 Å². The summed E-state index contributed by atoms with van der Waals surface area (Å²) in [7, 11) is 0. The molecule has 0 fully saturated rings. The van der Waals surface area contributed by atoms with Gasteiger partial charge >= 0.3 is 0 Å². The molecule has 0 saturated heterocycles. The average molecular weight is 395 g/mol. The fraction of sp³-hybridized carbons (Fsp3) is 0.400. The Kier molecular flexibility index (Phi) is 6.14. The molecule has 0 unspecified atom stereocenters. The summed E-state index contributed by atoms with van der Waals surface area (Å²) in [5, 5.41) is 16.5. The van der Waals surface area contributed by atoms with Crippen molar-refractivity contribution >= 4 is 23.0 Å². The molecule has 0 aliphatic rings. The van der Waals surface area contributed by atoms with Crippen molar-refractivity contribution in [2.45, 2.75) is 39.7 Å². The molecule has 3 rings (SSSR count). The highest BCUT2D eigenvalue weighted by Crippen LogP contribution is 2.32. The van der Waals surface area contributed by atoms with Crippen molar-refractivity contribution in [2.75, 3.05) is 24.2 Å². The Morgan fingerprint density at radius 1 is 1.41 bits per heavy atom. The van der Waals surface area contributed by atoms with Gasteiger partial charge in [-0.05, 0) is 32.3 Å². The smallest absolute Gasteiger partial charge is 0.268 e. The van der Waals surface area contributed by atoms with Gasteiger partial charge in [-0.15, -0.1) is 0 Å². The van der Waals surface area contributed by atoms with Crippen LogP contribution < -0.4 is 16.6 Å². The van der Waals surface area contributed by atoms with Gasteiger partial charge in [0, 0.05) is 37.0 Å². The van der Waals surface area contributed by atoms with E-state index >= 15 is 0 Å². The molecule has 0 aliphatic heterocycles. The second-order valence-electron chi connectivity index (χ2n) is 6.74. The standard InChI is InChI=1S/C20H25N7O2/c1-4-15-13(2)25-27-17(21)16(22-3)18(24-19(15)27)23-9-8-14-7-5-10-26(20(14)29)11-6-12-28/h5,7,10,28H,4,6,8-9,11-12,21H2,1-2H3,(H,23,24). The summed E-state index contributed by atoms with van der Waals surface area (Å²) >= 11 is 0. The number of anilines is 2. The summed E-state index contributed by atoms with van der Waals surface area (Å²) in [5.74, 6) is 0.650. The van der Waals surface area contributed by atoms with Crippen LogP contribution in [-0.4, -0.2) is 37.4 Å². The maximum atomic E-state index is 12.5.